The van der Waals surface area contributed by atoms with Crippen LogP contribution < -0.4 is 0 Å². The largest absolute Gasteiger partial charge is 0.452 e. The highest BCUT2D eigenvalue weighted by Gasteiger charge is 2.13. The number of benzene rings is 1. The van der Waals surface area contributed by atoms with E-state index in [-0.39, 0.29) is 18.1 Å². The first-order chi connectivity index (χ1) is 10.6. The van der Waals surface area contributed by atoms with E-state index in [0.717, 1.165) is 14.7 Å². The number of aromatic nitrogens is 2. The minimum absolute atomic E-state index is 0.127. The van der Waals surface area contributed by atoms with E-state index < -0.39 is 11.8 Å². The van der Waals surface area contributed by atoms with Crippen molar-refractivity contribution in [2.75, 3.05) is 0 Å². The van der Waals surface area contributed by atoms with Gasteiger partial charge >= 0.3 is 5.97 Å². The lowest BCUT2D eigenvalue weighted by atomic mass is 10.2. The Morgan fingerprint density at radius 3 is 2.91 bits per heavy atom. The van der Waals surface area contributed by atoms with Crippen molar-refractivity contribution in [1.82, 2.24) is 10.2 Å². The summed E-state index contributed by atoms with van der Waals surface area (Å²) < 4.78 is 24.4. The van der Waals surface area contributed by atoms with Crippen LogP contribution in [0, 0.1) is 5.82 Å². The topological polar surface area (TPSA) is 65.2 Å². The molecule has 0 amide bonds. The SMILES string of the molecule is O=C(OCc1nnc(-c2ccc(Br)s2)o1)c1cccc(F)c1. The summed E-state index contributed by atoms with van der Waals surface area (Å²) in [6.45, 7) is -0.172. The van der Waals surface area contributed by atoms with Gasteiger partial charge in [0.25, 0.3) is 11.8 Å². The summed E-state index contributed by atoms with van der Waals surface area (Å²) in [7, 11) is 0. The van der Waals surface area contributed by atoms with E-state index in [2.05, 4.69) is 26.1 Å². The zero-order chi connectivity index (χ0) is 15.5. The molecule has 0 radical (unpaired) electrons. The third-order valence-corrected chi connectivity index (χ3v) is 4.25. The fourth-order valence-corrected chi connectivity index (χ4v) is 2.97. The Morgan fingerprint density at radius 2 is 2.18 bits per heavy atom. The first-order valence-electron chi connectivity index (χ1n) is 6.12. The molecule has 0 spiro atoms. The number of carbonyl (C=O) groups excluding carboxylic acids is 1. The van der Waals surface area contributed by atoms with Gasteiger partial charge in [-0.1, -0.05) is 6.07 Å². The average Bonchev–Trinajstić information content (AvgIpc) is 3.13. The molecule has 0 aliphatic heterocycles. The number of rotatable bonds is 4. The smallest absolute Gasteiger partial charge is 0.338 e. The molecule has 0 bridgehead atoms. The number of carbonyl (C=O) groups is 1. The number of hydrogen-bond donors (Lipinski definition) is 0. The minimum atomic E-state index is -0.655. The van der Waals surface area contributed by atoms with Crippen molar-refractivity contribution >= 4 is 33.2 Å². The number of nitrogens with zero attached hydrogens (tertiary/aromatic N) is 2. The monoisotopic (exact) mass is 382 g/mol. The number of esters is 1. The third-order valence-electron chi connectivity index (χ3n) is 2.64. The molecule has 5 nitrogen and oxygen atoms in total. The van der Waals surface area contributed by atoms with E-state index in [9.17, 15) is 9.18 Å². The van der Waals surface area contributed by atoms with Crippen LogP contribution in [0.5, 0.6) is 0 Å². The molecule has 0 aliphatic carbocycles. The van der Waals surface area contributed by atoms with Crippen LogP contribution in [0.4, 0.5) is 4.39 Å². The maximum Gasteiger partial charge on any atom is 0.338 e. The molecule has 0 N–H and O–H groups in total. The molecule has 3 rings (SSSR count). The minimum Gasteiger partial charge on any atom is -0.452 e. The number of ether oxygens (including phenoxy) is 1. The Labute approximate surface area is 136 Å². The molecule has 0 fully saturated rings. The van der Waals surface area contributed by atoms with Crippen LogP contribution in [0.25, 0.3) is 10.8 Å². The van der Waals surface area contributed by atoms with Gasteiger partial charge in [-0.2, -0.15) is 0 Å². The summed E-state index contributed by atoms with van der Waals surface area (Å²) in [4.78, 5) is 12.6. The molecule has 0 unspecified atom stereocenters. The van der Waals surface area contributed by atoms with Gasteiger partial charge in [-0.15, -0.1) is 21.5 Å². The van der Waals surface area contributed by atoms with Crippen molar-refractivity contribution in [2.24, 2.45) is 0 Å². The van der Waals surface area contributed by atoms with Crippen LogP contribution in [-0.4, -0.2) is 16.2 Å². The van der Waals surface area contributed by atoms with E-state index >= 15 is 0 Å². The van der Waals surface area contributed by atoms with Crippen molar-refractivity contribution in [3.8, 4) is 10.8 Å². The molecule has 2 aromatic heterocycles. The van der Waals surface area contributed by atoms with Gasteiger partial charge in [-0.05, 0) is 46.3 Å². The number of hydrogen-bond acceptors (Lipinski definition) is 6. The van der Waals surface area contributed by atoms with Crippen LogP contribution in [0.3, 0.4) is 0 Å². The van der Waals surface area contributed by atoms with E-state index in [1.807, 2.05) is 12.1 Å². The van der Waals surface area contributed by atoms with Crippen LogP contribution >= 0.6 is 27.3 Å². The van der Waals surface area contributed by atoms with Gasteiger partial charge in [0.2, 0.25) is 0 Å². The van der Waals surface area contributed by atoms with Crippen molar-refractivity contribution in [3.63, 3.8) is 0 Å². The molecule has 0 saturated carbocycles. The quantitative estimate of drug-likeness (QED) is 0.636. The van der Waals surface area contributed by atoms with E-state index in [1.54, 1.807) is 0 Å². The van der Waals surface area contributed by atoms with Gasteiger partial charge < -0.3 is 9.15 Å². The normalized spacial score (nSPS) is 10.6. The zero-order valence-corrected chi connectivity index (χ0v) is 13.4. The van der Waals surface area contributed by atoms with E-state index in [4.69, 9.17) is 9.15 Å². The van der Waals surface area contributed by atoms with Gasteiger partial charge in [0.15, 0.2) is 6.61 Å². The van der Waals surface area contributed by atoms with E-state index in [0.29, 0.717) is 5.89 Å². The Kier molecular flexibility index (Phi) is 4.30. The van der Waals surface area contributed by atoms with Crippen LogP contribution in [0.1, 0.15) is 16.2 Å². The standard InChI is InChI=1S/C14H8BrFN2O3S/c15-11-5-4-10(22-11)13-18-17-12(21-13)7-20-14(19)8-2-1-3-9(16)6-8/h1-6H,7H2. The predicted molar refractivity (Wildman–Crippen MR) is 80.8 cm³/mol. The molecule has 1 aromatic carbocycles. The molecule has 112 valence electrons. The average molecular weight is 383 g/mol. The molecular formula is C14H8BrFN2O3S. The highest BCUT2D eigenvalue weighted by Crippen LogP contribution is 2.30. The van der Waals surface area contributed by atoms with Crippen molar-refractivity contribution in [1.29, 1.82) is 0 Å². The fraction of sp³-hybridized carbons (Fsp3) is 0.0714. The number of halogens is 2. The highest BCUT2D eigenvalue weighted by atomic mass is 79.9. The molecule has 22 heavy (non-hydrogen) atoms. The molecule has 0 aliphatic rings. The predicted octanol–water partition coefficient (Wildman–Crippen LogP) is 4.06. The lowest BCUT2D eigenvalue weighted by molar-refractivity contribution is 0.0438. The van der Waals surface area contributed by atoms with Gasteiger partial charge in [0.1, 0.15) is 5.82 Å². The second-order valence-electron chi connectivity index (χ2n) is 4.19. The Balaban J connectivity index is 1.65. The molecule has 2 heterocycles. The van der Waals surface area contributed by atoms with E-state index in [1.165, 1.54) is 29.5 Å². The summed E-state index contributed by atoms with van der Waals surface area (Å²) in [5, 5.41) is 7.69. The van der Waals surface area contributed by atoms with Gasteiger partial charge in [0, 0.05) is 0 Å². The van der Waals surface area contributed by atoms with Crippen molar-refractivity contribution in [3.05, 3.63) is 57.5 Å². The number of thiophene rings is 1. The zero-order valence-electron chi connectivity index (χ0n) is 11.0. The van der Waals surface area contributed by atoms with Gasteiger partial charge in [-0.25, -0.2) is 9.18 Å². The Bertz CT molecular complexity index is 818. The second kappa shape index (κ2) is 6.37. The molecule has 8 heteroatoms. The summed E-state index contributed by atoms with van der Waals surface area (Å²) in [6, 6.07) is 8.96. The summed E-state index contributed by atoms with van der Waals surface area (Å²) >= 11 is 4.79. The van der Waals surface area contributed by atoms with Crippen LogP contribution in [-0.2, 0) is 11.3 Å². The summed E-state index contributed by atoms with van der Waals surface area (Å²) in [6.07, 6.45) is 0. The lowest BCUT2D eigenvalue weighted by Gasteiger charge is -2.01. The first kappa shape index (κ1) is 14.9. The maximum atomic E-state index is 13.0. The second-order valence-corrected chi connectivity index (χ2v) is 6.65. The Hall–Kier alpha value is -2.06. The third kappa shape index (κ3) is 3.40. The van der Waals surface area contributed by atoms with Crippen LogP contribution in [0.2, 0.25) is 0 Å². The van der Waals surface area contributed by atoms with Gasteiger partial charge in [0.05, 0.1) is 14.2 Å². The maximum absolute atomic E-state index is 13.0. The summed E-state index contributed by atoms with van der Waals surface area (Å²) in [5.41, 5.74) is 0.127. The highest BCUT2D eigenvalue weighted by molar-refractivity contribution is 9.11. The van der Waals surface area contributed by atoms with Crippen molar-refractivity contribution < 1.29 is 18.3 Å². The molecular weight excluding hydrogens is 375 g/mol. The fourth-order valence-electron chi connectivity index (χ4n) is 1.67. The van der Waals surface area contributed by atoms with Gasteiger partial charge in [-0.3, -0.25) is 0 Å². The molecule has 3 aromatic rings. The Morgan fingerprint density at radius 1 is 1.32 bits per heavy atom. The summed E-state index contributed by atoms with van der Waals surface area (Å²) in [5.74, 6) is -0.632. The molecule has 0 saturated heterocycles. The van der Waals surface area contributed by atoms with Crippen molar-refractivity contribution in [2.45, 2.75) is 6.61 Å². The first-order valence-corrected chi connectivity index (χ1v) is 7.73. The molecule has 0 atom stereocenters. The van der Waals surface area contributed by atoms with Crippen LogP contribution in [0.15, 0.2) is 44.6 Å². The lowest BCUT2D eigenvalue weighted by Crippen LogP contribution is -2.05.